The molecule has 0 atom stereocenters. The molecule has 0 bridgehead atoms. The van der Waals surface area contributed by atoms with E-state index in [1.54, 1.807) is 10.8 Å². The van der Waals surface area contributed by atoms with Crippen molar-refractivity contribution in [3.05, 3.63) is 64.1 Å². The van der Waals surface area contributed by atoms with E-state index in [-0.39, 0.29) is 5.56 Å². The van der Waals surface area contributed by atoms with Gasteiger partial charge in [0.15, 0.2) is 5.16 Å². The number of oxazole rings is 1. The lowest BCUT2D eigenvalue weighted by Gasteiger charge is -2.08. The summed E-state index contributed by atoms with van der Waals surface area (Å²) in [4.78, 5) is 21.7. The fourth-order valence-electron chi connectivity index (χ4n) is 2.54. The molecule has 5 nitrogen and oxygen atoms in total. The lowest BCUT2D eigenvalue weighted by molar-refractivity contribution is 0.573. The molecule has 3 aromatic heterocycles. The molecule has 0 N–H and O–H groups in total. The topological polar surface area (TPSA) is 60.9 Å². The zero-order valence-electron chi connectivity index (χ0n) is 13.5. The minimum Gasteiger partial charge on any atom is -0.444 e. The Balaban J connectivity index is 1.59. The Labute approximate surface area is 152 Å². The normalized spacial score (nSPS) is 11.2. The fraction of sp³-hybridized carbons (Fsp3) is 0.167. The van der Waals surface area contributed by atoms with Crippen molar-refractivity contribution in [2.24, 2.45) is 0 Å². The van der Waals surface area contributed by atoms with Crippen LogP contribution in [0.1, 0.15) is 12.6 Å². The Morgan fingerprint density at radius 2 is 2.04 bits per heavy atom. The van der Waals surface area contributed by atoms with Crippen molar-refractivity contribution < 1.29 is 4.42 Å². The molecule has 0 unspecified atom stereocenters. The zero-order valence-corrected chi connectivity index (χ0v) is 15.1. The van der Waals surface area contributed by atoms with Gasteiger partial charge in [0, 0.05) is 17.9 Å². The van der Waals surface area contributed by atoms with E-state index in [9.17, 15) is 4.79 Å². The van der Waals surface area contributed by atoms with Crippen LogP contribution in [0.4, 0.5) is 0 Å². The highest BCUT2D eigenvalue weighted by Gasteiger charge is 2.13. The van der Waals surface area contributed by atoms with Gasteiger partial charge in [0.1, 0.15) is 11.0 Å². The van der Waals surface area contributed by atoms with Crippen LogP contribution in [0.2, 0.25) is 0 Å². The van der Waals surface area contributed by atoms with Crippen molar-refractivity contribution in [2.75, 3.05) is 0 Å². The number of aromatic nitrogens is 3. The molecule has 0 fully saturated rings. The number of benzene rings is 1. The van der Waals surface area contributed by atoms with Crippen LogP contribution in [0.5, 0.6) is 0 Å². The molecule has 0 aliphatic carbocycles. The summed E-state index contributed by atoms with van der Waals surface area (Å²) in [5, 5.41) is 2.61. The van der Waals surface area contributed by atoms with E-state index in [0.29, 0.717) is 28.0 Å². The van der Waals surface area contributed by atoms with Gasteiger partial charge < -0.3 is 4.42 Å². The van der Waals surface area contributed by atoms with Gasteiger partial charge in [0.25, 0.3) is 5.56 Å². The Morgan fingerprint density at radius 1 is 1.20 bits per heavy atom. The van der Waals surface area contributed by atoms with E-state index in [4.69, 9.17) is 4.42 Å². The number of thiophene rings is 1. The van der Waals surface area contributed by atoms with Crippen LogP contribution in [0, 0.1) is 0 Å². The average molecular weight is 369 g/mol. The molecule has 0 radical (unpaired) electrons. The molecule has 0 aliphatic rings. The van der Waals surface area contributed by atoms with Gasteiger partial charge in [-0.15, -0.1) is 11.3 Å². The second-order valence-electron chi connectivity index (χ2n) is 5.38. The third-order valence-corrected chi connectivity index (χ3v) is 5.67. The zero-order chi connectivity index (χ0) is 17.2. The van der Waals surface area contributed by atoms with E-state index in [1.165, 1.54) is 23.1 Å². The van der Waals surface area contributed by atoms with Crippen LogP contribution in [0.25, 0.3) is 21.7 Å². The van der Waals surface area contributed by atoms with Crippen molar-refractivity contribution in [3.8, 4) is 11.5 Å². The van der Waals surface area contributed by atoms with Crippen LogP contribution in [0.15, 0.2) is 62.4 Å². The predicted molar refractivity (Wildman–Crippen MR) is 101 cm³/mol. The van der Waals surface area contributed by atoms with Crippen molar-refractivity contribution in [1.82, 2.24) is 14.5 Å². The first-order chi connectivity index (χ1) is 12.3. The second-order valence-corrected chi connectivity index (χ2v) is 7.24. The molecule has 126 valence electrons. The lowest BCUT2D eigenvalue weighted by atomic mass is 10.2. The quantitative estimate of drug-likeness (QED) is 0.385. The van der Waals surface area contributed by atoms with Gasteiger partial charge >= 0.3 is 0 Å². The van der Waals surface area contributed by atoms with Gasteiger partial charge in [-0.05, 0) is 30.5 Å². The van der Waals surface area contributed by atoms with E-state index >= 15 is 0 Å². The minimum atomic E-state index is 0.0233. The third-order valence-electron chi connectivity index (χ3n) is 3.77. The Morgan fingerprint density at radius 3 is 2.84 bits per heavy atom. The van der Waals surface area contributed by atoms with Crippen LogP contribution in [-0.4, -0.2) is 14.5 Å². The summed E-state index contributed by atoms with van der Waals surface area (Å²) in [6.07, 6.45) is 1.66. The molecule has 0 aliphatic heterocycles. The molecular weight excluding hydrogens is 354 g/mol. The number of rotatable bonds is 5. The van der Waals surface area contributed by atoms with Crippen molar-refractivity contribution in [2.45, 2.75) is 24.4 Å². The molecule has 0 amide bonds. The summed E-state index contributed by atoms with van der Waals surface area (Å²) in [6.45, 7) is 2.55. The van der Waals surface area contributed by atoms with Crippen LogP contribution in [0.3, 0.4) is 0 Å². The lowest BCUT2D eigenvalue weighted by Crippen LogP contribution is -2.21. The van der Waals surface area contributed by atoms with E-state index < -0.39 is 0 Å². The van der Waals surface area contributed by atoms with E-state index in [2.05, 4.69) is 9.97 Å². The van der Waals surface area contributed by atoms with Gasteiger partial charge in [0.05, 0.1) is 11.2 Å². The highest BCUT2D eigenvalue weighted by Crippen LogP contribution is 2.25. The summed E-state index contributed by atoms with van der Waals surface area (Å²) >= 11 is 2.93. The summed E-state index contributed by atoms with van der Waals surface area (Å²) in [7, 11) is 0. The standard InChI is InChI=1S/C18H15N3O2S2/c1-2-21-17(22)15-14(8-9-24-15)20-18(21)25-11-13-10-23-16(19-13)12-6-4-3-5-7-12/h3-10H,2,11H2,1H3. The number of thioether (sulfide) groups is 1. The first-order valence-electron chi connectivity index (χ1n) is 7.87. The third kappa shape index (κ3) is 3.12. The predicted octanol–water partition coefficient (Wildman–Crippen LogP) is 4.43. The van der Waals surface area contributed by atoms with Gasteiger partial charge in [-0.1, -0.05) is 30.0 Å². The van der Waals surface area contributed by atoms with Crippen molar-refractivity contribution in [1.29, 1.82) is 0 Å². The average Bonchev–Trinajstić information content (AvgIpc) is 3.30. The first-order valence-corrected chi connectivity index (χ1v) is 9.73. The molecule has 25 heavy (non-hydrogen) atoms. The number of hydrogen-bond acceptors (Lipinski definition) is 6. The molecule has 7 heteroatoms. The van der Waals surface area contributed by atoms with Crippen LogP contribution < -0.4 is 5.56 Å². The molecule has 1 aromatic carbocycles. The van der Waals surface area contributed by atoms with Gasteiger partial charge in [-0.3, -0.25) is 9.36 Å². The van der Waals surface area contributed by atoms with Crippen molar-refractivity contribution >= 4 is 33.3 Å². The molecular formula is C18H15N3O2S2. The maximum absolute atomic E-state index is 12.5. The van der Waals surface area contributed by atoms with E-state index in [0.717, 1.165) is 16.8 Å². The molecule has 0 saturated heterocycles. The Bertz CT molecular complexity index is 1070. The molecule has 0 saturated carbocycles. The van der Waals surface area contributed by atoms with E-state index in [1.807, 2.05) is 48.7 Å². The molecule has 4 rings (SSSR count). The van der Waals surface area contributed by atoms with Crippen LogP contribution in [-0.2, 0) is 12.3 Å². The molecule has 3 heterocycles. The minimum absolute atomic E-state index is 0.0233. The largest absolute Gasteiger partial charge is 0.444 e. The number of nitrogens with zero attached hydrogens (tertiary/aromatic N) is 3. The summed E-state index contributed by atoms with van der Waals surface area (Å²) in [5.41, 5.74) is 2.55. The van der Waals surface area contributed by atoms with Gasteiger partial charge in [0.2, 0.25) is 5.89 Å². The monoisotopic (exact) mass is 369 g/mol. The molecule has 4 aromatic rings. The van der Waals surface area contributed by atoms with Gasteiger partial charge in [-0.2, -0.15) is 0 Å². The SMILES string of the molecule is CCn1c(SCc2coc(-c3ccccc3)n2)nc2ccsc2c1=O. The highest BCUT2D eigenvalue weighted by molar-refractivity contribution is 7.98. The maximum atomic E-state index is 12.5. The Hall–Kier alpha value is -2.38. The van der Waals surface area contributed by atoms with Crippen molar-refractivity contribution in [3.63, 3.8) is 0 Å². The maximum Gasteiger partial charge on any atom is 0.272 e. The number of fused-ring (bicyclic) bond motifs is 1. The summed E-state index contributed by atoms with van der Waals surface area (Å²) < 4.78 is 7.98. The highest BCUT2D eigenvalue weighted by atomic mass is 32.2. The summed E-state index contributed by atoms with van der Waals surface area (Å²) in [6, 6.07) is 11.7. The number of hydrogen-bond donors (Lipinski definition) is 0. The second kappa shape index (κ2) is 6.85. The fourth-order valence-corrected chi connectivity index (χ4v) is 4.26. The molecule has 0 spiro atoms. The first kappa shape index (κ1) is 16.1. The Kier molecular flexibility index (Phi) is 4.42. The van der Waals surface area contributed by atoms with Gasteiger partial charge in [-0.25, -0.2) is 9.97 Å². The summed E-state index contributed by atoms with van der Waals surface area (Å²) in [5.74, 6) is 1.20. The van der Waals surface area contributed by atoms with Crippen LogP contribution >= 0.6 is 23.1 Å². The smallest absolute Gasteiger partial charge is 0.272 e.